The Morgan fingerprint density at radius 1 is 0.593 bits per heavy atom. The highest BCUT2D eigenvalue weighted by Gasteiger charge is 2.33. The molecule has 1 unspecified atom stereocenters. The van der Waals surface area contributed by atoms with Crippen molar-refractivity contribution in [2.75, 3.05) is 0 Å². The highest BCUT2D eigenvalue weighted by atomic mass is 16.5. The molecule has 4 aliphatic carbocycles. The predicted octanol–water partition coefficient (Wildman–Crippen LogP) is 11.7. The molecule has 0 fully saturated rings. The van der Waals surface area contributed by atoms with Crippen molar-refractivity contribution in [3.05, 3.63) is 172 Å². The minimum absolute atomic E-state index is 0.244. The Morgan fingerprint density at radius 3 is 2.34 bits per heavy atom. The van der Waals surface area contributed by atoms with E-state index in [1.54, 1.807) is 0 Å². The van der Waals surface area contributed by atoms with Gasteiger partial charge in [-0.2, -0.15) is 0 Å². The van der Waals surface area contributed by atoms with Gasteiger partial charge in [0.05, 0.1) is 33.1 Å². The van der Waals surface area contributed by atoms with Gasteiger partial charge in [-0.3, -0.25) is 4.57 Å². The van der Waals surface area contributed by atoms with E-state index in [0.29, 0.717) is 5.95 Å². The van der Waals surface area contributed by atoms with E-state index >= 15 is 0 Å². The van der Waals surface area contributed by atoms with Crippen LogP contribution in [0.4, 0.5) is 0 Å². The summed E-state index contributed by atoms with van der Waals surface area (Å²) in [6.07, 6.45) is 27.8. The first-order valence-electron chi connectivity index (χ1n) is 21.2. The fourth-order valence-electron chi connectivity index (χ4n) is 10.5. The van der Waals surface area contributed by atoms with Crippen LogP contribution in [0.3, 0.4) is 0 Å². The molecule has 13 rings (SSSR count). The SMILES string of the molecule is C1=CC(n2c3ccccc3c3cc(-c4nc(-n5c6ccc(C7=C8Oc9ccccc9C8CC=C7)cc6c6c7c(ccc65)C=CCC7)nc5c4=CCCC=5)ccc32)=CCC1. The number of aryl methyl sites for hydroxylation is 1. The maximum Gasteiger partial charge on any atom is 0.235 e. The van der Waals surface area contributed by atoms with Crippen LogP contribution in [-0.2, 0) is 6.42 Å². The van der Waals surface area contributed by atoms with Gasteiger partial charge in [0.1, 0.15) is 11.5 Å². The molecule has 8 aromatic rings. The van der Waals surface area contributed by atoms with Crippen molar-refractivity contribution >= 4 is 73.1 Å². The highest BCUT2D eigenvalue weighted by Crippen LogP contribution is 2.48. The van der Waals surface area contributed by atoms with Crippen molar-refractivity contribution < 1.29 is 4.74 Å². The summed E-state index contributed by atoms with van der Waals surface area (Å²) in [5.74, 6) is 2.99. The van der Waals surface area contributed by atoms with Gasteiger partial charge in [-0.1, -0.05) is 103 Å². The molecule has 0 N–H and O–H groups in total. The minimum Gasteiger partial charge on any atom is -0.460 e. The maximum absolute atomic E-state index is 6.61. The van der Waals surface area contributed by atoms with Crippen LogP contribution in [0.25, 0.3) is 90.3 Å². The third kappa shape index (κ3) is 4.91. The number of rotatable bonds is 4. The monoisotopic (exact) mass is 760 g/mol. The lowest BCUT2D eigenvalue weighted by Gasteiger charge is -2.18. The quantitative estimate of drug-likeness (QED) is 0.179. The molecule has 5 aliphatic rings. The Balaban J connectivity index is 1.04. The number of para-hydroxylation sites is 2. The fourth-order valence-corrected chi connectivity index (χ4v) is 10.5. The van der Waals surface area contributed by atoms with Crippen LogP contribution in [0.2, 0.25) is 0 Å². The second-order valence-corrected chi connectivity index (χ2v) is 16.5. The van der Waals surface area contributed by atoms with Gasteiger partial charge in [-0.15, -0.1) is 0 Å². The van der Waals surface area contributed by atoms with Gasteiger partial charge < -0.3 is 9.30 Å². The fraction of sp³-hybridized carbons (Fsp3) is 0.148. The minimum atomic E-state index is 0.244. The number of ether oxygens (including phenoxy) is 1. The molecule has 1 atom stereocenters. The normalized spacial score (nSPS) is 17.8. The first-order valence-corrected chi connectivity index (χ1v) is 21.2. The number of allylic oxidation sites excluding steroid dienone is 9. The van der Waals surface area contributed by atoms with E-state index in [1.807, 2.05) is 0 Å². The zero-order valence-electron chi connectivity index (χ0n) is 32.7. The first-order chi connectivity index (χ1) is 29.3. The number of benzene rings is 5. The van der Waals surface area contributed by atoms with E-state index in [4.69, 9.17) is 14.7 Å². The van der Waals surface area contributed by atoms with Gasteiger partial charge >= 0.3 is 0 Å². The molecule has 5 aromatic carbocycles. The molecule has 0 amide bonds. The zero-order chi connectivity index (χ0) is 38.6. The van der Waals surface area contributed by atoms with Crippen molar-refractivity contribution in [2.45, 2.75) is 50.9 Å². The van der Waals surface area contributed by atoms with Crippen molar-refractivity contribution in [3.8, 4) is 23.0 Å². The molecular weight excluding hydrogens is 721 g/mol. The van der Waals surface area contributed by atoms with Crippen molar-refractivity contribution in [2.24, 2.45) is 0 Å². The van der Waals surface area contributed by atoms with E-state index in [-0.39, 0.29) is 5.92 Å². The molecule has 0 spiro atoms. The molecule has 0 saturated carbocycles. The summed E-state index contributed by atoms with van der Waals surface area (Å²) in [7, 11) is 0. The Morgan fingerprint density at radius 2 is 1.39 bits per heavy atom. The summed E-state index contributed by atoms with van der Waals surface area (Å²) in [6, 6.07) is 35.7. The van der Waals surface area contributed by atoms with Crippen LogP contribution in [0.1, 0.15) is 66.7 Å². The zero-order valence-corrected chi connectivity index (χ0v) is 32.7. The molecule has 0 saturated heterocycles. The summed E-state index contributed by atoms with van der Waals surface area (Å²) < 4.78 is 11.4. The molecule has 0 bridgehead atoms. The Hall–Kier alpha value is -6.98. The van der Waals surface area contributed by atoms with Crippen LogP contribution in [0, 0.1) is 0 Å². The summed E-state index contributed by atoms with van der Waals surface area (Å²) in [6.45, 7) is 0. The van der Waals surface area contributed by atoms with Crippen LogP contribution < -0.4 is 15.3 Å². The molecule has 1 aliphatic heterocycles. The number of hydrogen-bond donors (Lipinski definition) is 0. The number of aromatic nitrogens is 4. The molecule has 59 heavy (non-hydrogen) atoms. The van der Waals surface area contributed by atoms with Gasteiger partial charge in [0.2, 0.25) is 5.95 Å². The van der Waals surface area contributed by atoms with Gasteiger partial charge in [0.25, 0.3) is 0 Å². The van der Waals surface area contributed by atoms with Crippen LogP contribution >= 0.6 is 0 Å². The van der Waals surface area contributed by atoms with Gasteiger partial charge in [0.15, 0.2) is 0 Å². The molecule has 5 heteroatoms. The number of nitrogens with zero attached hydrogens (tertiary/aromatic N) is 4. The van der Waals surface area contributed by atoms with Crippen molar-refractivity contribution in [1.82, 2.24) is 19.1 Å². The molecule has 282 valence electrons. The van der Waals surface area contributed by atoms with Gasteiger partial charge in [-0.25, -0.2) is 9.97 Å². The van der Waals surface area contributed by atoms with Crippen LogP contribution in [0.15, 0.2) is 139 Å². The van der Waals surface area contributed by atoms with Gasteiger partial charge in [0, 0.05) is 55.1 Å². The summed E-state index contributed by atoms with van der Waals surface area (Å²) in [4.78, 5) is 11.0. The summed E-state index contributed by atoms with van der Waals surface area (Å²) >= 11 is 0. The van der Waals surface area contributed by atoms with E-state index in [0.717, 1.165) is 94.9 Å². The van der Waals surface area contributed by atoms with E-state index in [1.165, 1.54) is 60.5 Å². The second kappa shape index (κ2) is 12.8. The standard InChI is InChI=1S/C54H40N4O/c1-2-14-36(15-3-1)57-46-23-10-7-17-39(46)43-32-35(27-29-47(43)57)52-42-19-6-9-22-45(42)55-54(56-52)58-48-28-26-34(31-44(48)51-37-16-5-4-13-33(37)25-30-49(51)58)38-20-12-21-41-40-18-8-11-24-50(40)59-53(38)41/h2,4,7-8,10-15,17-20,22-32,41H,1,3,5-6,9,16,21H2. The average Bonchev–Trinajstić information content (AvgIpc) is 3.96. The second-order valence-electron chi connectivity index (χ2n) is 16.5. The predicted molar refractivity (Wildman–Crippen MR) is 243 cm³/mol. The Labute approximate surface area is 341 Å². The number of fused-ring (bicyclic) bond motifs is 12. The average molecular weight is 761 g/mol. The molecular formula is C54H40N4O. The topological polar surface area (TPSA) is 44.9 Å². The lowest BCUT2D eigenvalue weighted by atomic mass is 9.86. The lowest BCUT2D eigenvalue weighted by molar-refractivity contribution is 0.429. The first kappa shape index (κ1) is 33.0. The smallest absolute Gasteiger partial charge is 0.235 e. The van der Waals surface area contributed by atoms with Gasteiger partial charge in [-0.05, 0) is 110 Å². The third-order valence-corrected chi connectivity index (χ3v) is 13.2. The number of hydrogen-bond acceptors (Lipinski definition) is 3. The summed E-state index contributed by atoms with van der Waals surface area (Å²) in [5, 5.41) is 7.13. The lowest BCUT2D eigenvalue weighted by Crippen LogP contribution is -2.34. The highest BCUT2D eigenvalue weighted by molar-refractivity contribution is 6.13. The van der Waals surface area contributed by atoms with E-state index < -0.39 is 0 Å². The largest absolute Gasteiger partial charge is 0.460 e. The maximum atomic E-state index is 6.61. The molecule has 3 aromatic heterocycles. The van der Waals surface area contributed by atoms with E-state index in [9.17, 15) is 0 Å². The molecule has 5 nitrogen and oxygen atoms in total. The van der Waals surface area contributed by atoms with E-state index in [2.05, 4.69) is 161 Å². The Bertz CT molecular complexity index is 3460. The molecule has 0 radical (unpaired) electrons. The Kier molecular flexibility index (Phi) is 7.15. The summed E-state index contributed by atoms with van der Waals surface area (Å²) in [5.41, 5.74) is 14.3. The third-order valence-electron chi connectivity index (χ3n) is 13.2. The van der Waals surface area contributed by atoms with Crippen molar-refractivity contribution in [1.29, 1.82) is 0 Å². The van der Waals surface area contributed by atoms with Crippen LogP contribution in [-0.4, -0.2) is 19.1 Å². The molecule has 4 heterocycles. The van der Waals surface area contributed by atoms with Crippen LogP contribution in [0.5, 0.6) is 5.75 Å². The van der Waals surface area contributed by atoms with Crippen molar-refractivity contribution in [3.63, 3.8) is 0 Å².